The Morgan fingerprint density at radius 2 is 2.15 bits per heavy atom. The second-order valence-electron chi connectivity index (χ2n) is 7.70. The highest BCUT2D eigenvalue weighted by atomic mass is 32.2. The molecule has 0 radical (unpaired) electrons. The highest BCUT2D eigenvalue weighted by Crippen LogP contribution is 2.35. The Hall–Kier alpha value is -1.78. The highest BCUT2D eigenvalue weighted by molar-refractivity contribution is 7.91. The number of carbonyl (C=O) groups is 1. The molecule has 0 bridgehead atoms. The molecule has 0 saturated carbocycles. The van der Waals surface area contributed by atoms with Crippen LogP contribution in [0.2, 0.25) is 0 Å². The van der Waals surface area contributed by atoms with Gasteiger partial charge < -0.3 is 10.2 Å². The lowest BCUT2D eigenvalue weighted by Crippen LogP contribution is -2.49. The van der Waals surface area contributed by atoms with E-state index in [1.807, 2.05) is 0 Å². The Morgan fingerprint density at radius 3 is 2.85 bits per heavy atom. The highest BCUT2D eigenvalue weighted by Gasteiger charge is 2.41. The number of rotatable bonds is 3. The number of likely N-dealkylation sites (tertiary alicyclic amines) is 1. The summed E-state index contributed by atoms with van der Waals surface area (Å²) >= 11 is 0. The van der Waals surface area contributed by atoms with Crippen LogP contribution in [-0.4, -0.2) is 71.1 Å². The summed E-state index contributed by atoms with van der Waals surface area (Å²) in [6.45, 7) is 1.05. The van der Waals surface area contributed by atoms with Crippen LogP contribution in [0.5, 0.6) is 0 Å². The summed E-state index contributed by atoms with van der Waals surface area (Å²) in [4.78, 5) is 18.5. The lowest BCUT2D eigenvalue weighted by Gasteiger charge is -2.41. The number of hydrogen-bond acceptors (Lipinski definition) is 6. The van der Waals surface area contributed by atoms with Gasteiger partial charge in [0.1, 0.15) is 12.4 Å². The van der Waals surface area contributed by atoms with Gasteiger partial charge >= 0.3 is 0 Å². The van der Waals surface area contributed by atoms with Crippen LogP contribution in [0, 0.1) is 11.8 Å². The maximum absolute atomic E-state index is 13.5. The molecular formula is C16H23F2N5O3S. The number of alkyl halides is 2. The van der Waals surface area contributed by atoms with Crippen molar-refractivity contribution in [1.29, 1.82) is 0 Å². The Balaban J connectivity index is 1.45. The Morgan fingerprint density at radius 1 is 1.33 bits per heavy atom. The van der Waals surface area contributed by atoms with Crippen LogP contribution in [0.4, 0.5) is 14.7 Å². The summed E-state index contributed by atoms with van der Waals surface area (Å²) in [5.74, 6) is -0.244. The molecule has 1 N–H and O–H groups in total. The number of piperidine rings is 1. The predicted molar refractivity (Wildman–Crippen MR) is 93.2 cm³/mol. The largest absolute Gasteiger partial charge is 0.351 e. The first-order chi connectivity index (χ1) is 12.8. The maximum atomic E-state index is 13.5. The van der Waals surface area contributed by atoms with Crippen molar-refractivity contribution in [1.82, 2.24) is 19.7 Å². The summed E-state index contributed by atoms with van der Waals surface area (Å²) in [6.07, 6.45) is 0.922. The third-order valence-electron chi connectivity index (χ3n) is 5.91. The van der Waals surface area contributed by atoms with Crippen LogP contribution in [0.3, 0.4) is 0 Å². The molecule has 2 fully saturated rings. The normalized spacial score (nSPS) is 32.9. The van der Waals surface area contributed by atoms with Gasteiger partial charge in [-0.2, -0.15) is 10.1 Å². The number of nitrogens with one attached hydrogen (secondary N) is 1. The summed E-state index contributed by atoms with van der Waals surface area (Å²) in [5, 5.41) is 7.09. The van der Waals surface area contributed by atoms with Gasteiger partial charge in [-0.1, -0.05) is 0 Å². The second kappa shape index (κ2) is 6.99. The zero-order valence-electron chi connectivity index (χ0n) is 14.8. The first-order valence-electron chi connectivity index (χ1n) is 9.27. The zero-order valence-corrected chi connectivity index (χ0v) is 15.6. The molecule has 1 aromatic heterocycles. The second-order valence-corrected chi connectivity index (χ2v) is 9.93. The summed E-state index contributed by atoms with van der Waals surface area (Å²) in [7, 11) is -3.12. The van der Waals surface area contributed by atoms with Gasteiger partial charge in [0.15, 0.2) is 9.84 Å². The van der Waals surface area contributed by atoms with Crippen LogP contribution in [0.25, 0.3) is 0 Å². The molecule has 0 aromatic carbocycles. The van der Waals surface area contributed by atoms with E-state index in [1.165, 1.54) is 11.0 Å². The Bertz CT molecular complexity index is 815. The molecule has 150 valence electrons. The number of nitrogens with zero attached hydrogens (tertiary/aromatic N) is 4. The molecule has 3 aliphatic heterocycles. The molecule has 4 atom stereocenters. The minimum absolute atomic E-state index is 0.0208. The molecule has 0 unspecified atom stereocenters. The van der Waals surface area contributed by atoms with Gasteiger partial charge in [-0.25, -0.2) is 21.9 Å². The third kappa shape index (κ3) is 3.65. The number of amides is 1. The summed E-state index contributed by atoms with van der Waals surface area (Å²) < 4.78 is 51.5. The molecule has 0 aliphatic carbocycles. The van der Waals surface area contributed by atoms with E-state index in [2.05, 4.69) is 15.4 Å². The number of hydrogen-bond donors (Lipinski definition) is 1. The molecule has 4 rings (SSSR count). The molecule has 0 spiro atoms. The van der Waals surface area contributed by atoms with Gasteiger partial charge in [0.2, 0.25) is 11.9 Å². The van der Waals surface area contributed by atoms with Crippen molar-refractivity contribution in [3.63, 3.8) is 0 Å². The van der Waals surface area contributed by atoms with Crippen molar-refractivity contribution in [3.8, 4) is 0 Å². The van der Waals surface area contributed by atoms with Crippen molar-refractivity contribution < 1.29 is 22.0 Å². The Labute approximate surface area is 156 Å². The van der Waals surface area contributed by atoms with Gasteiger partial charge in [-0.3, -0.25) is 4.79 Å². The van der Waals surface area contributed by atoms with Gasteiger partial charge in [0.25, 0.3) is 6.43 Å². The number of carbonyl (C=O) groups excluding carboxylic acids is 1. The number of sulfone groups is 1. The molecule has 1 amide bonds. The zero-order chi connectivity index (χ0) is 19.2. The van der Waals surface area contributed by atoms with Gasteiger partial charge in [-0.05, 0) is 31.6 Å². The molecule has 3 aliphatic rings. The lowest BCUT2D eigenvalue weighted by atomic mass is 9.85. The summed E-state index contributed by atoms with van der Waals surface area (Å²) in [5.41, 5.74) is 0. The SMILES string of the molecule is O=C([C@@H]1CCS(=O)(=O)C1)N1CCC[C@H]([C@@H]2C[C@H](C(F)F)n3ncnc3N2)C1. The quantitative estimate of drug-likeness (QED) is 0.807. The summed E-state index contributed by atoms with van der Waals surface area (Å²) in [6, 6.07) is -1.25. The fourth-order valence-corrected chi connectivity index (χ4v) is 6.22. The van der Waals surface area contributed by atoms with E-state index in [-0.39, 0.29) is 35.8 Å². The first kappa shape index (κ1) is 18.6. The van der Waals surface area contributed by atoms with Crippen LogP contribution >= 0.6 is 0 Å². The number of aromatic nitrogens is 3. The molecule has 2 saturated heterocycles. The topological polar surface area (TPSA) is 97.2 Å². The van der Waals surface area contributed by atoms with Crippen LogP contribution in [-0.2, 0) is 14.6 Å². The fraction of sp³-hybridized carbons (Fsp3) is 0.812. The molecule has 1 aromatic rings. The van der Waals surface area contributed by atoms with Gasteiger partial charge in [0.05, 0.1) is 17.4 Å². The number of halogens is 2. The van der Waals surface area contributed by atoms with Crippen molar-refractivity contribution in [3.05, 3.63) is 6.33 Å². The van der Waals surface area contributed by atoms with E-state index in [4.69, 9.17) is 0 Å². The maximum Gasteiger partial charge on any atom is 0.260 e. The first-order valence-corrected chi connectivity index (χ1v) is 11.1. The van der Waals surface area contributed by atoms with E-state index in [1.54, 1.807) is 4.90 Å². The fourth-order valence-electron chi connectivity index (χ4n) is 4.49. The standard InChI is InChI=1S/C16H23F2N5O3S/c17-14(18)13-6-12(21-16-19-9-20-23(13)16)10-2-1-4-22(7-10)15(24)11-3-5-27(25,26)8-11/h9-14H,1-8H2,(H,19,20,21)/t10-,11+,12-,13+/m0/s1. The van der Waals surface area contributed by atoms with Gasteiger partial charge in [0, 0.05) is 19.1 Å². The molecule has 4 heterocycles. The lowest BCUT2D eigenvalue weighted by molar-refractivity contribution is -0.136. The van der Waals surface area contributed by atoms with Crippen molar-refractivity contribution in [2.24, 2.45) is 11.8 Å². The average molecular weight is 403 g/mol. The van der Waals surface area contributed by atoms with Crippen molar-refractivity contribution >= 4 is 21.7 Å². The van der Waals surface area contributed by atoms with Crippen LogP contribution in [0.15, 0.2) is 6.33 Å². The number of fused-ring (bicyclic) bond motifs is 1. The Kier molecular flexibility index (Phi) is 4.81. The van der Waals surface area contributed by atoms with E-state index in [0.29, 0.717) is 25.5 Å². The third-order valence-corrected chi connectivity index (χ3v) is 7.68. The average Bonchev–Trinajstić information content (AvgIpc) is 3.26. The molecule has 27 heavy (non-hydrogen) atoms. The monoisotopic (exact) mass is 403 g/mol. The molecule has 8 nitrogen and oxygen atoms in total. The van der Waals surface area contributed by atoms with Gasteiger partial charge in [-0.15, -0.1) is 0 Å². The molecular weight excluding hydrogens is 380 g/mol. The number of anilines is 1. The van der Waals surface area contributed by atoms with E-state index >= 15 is 0 Å². The van der Waals surface area contributed by atoms with E-state index in [0.717, 1.165) is 12.8 Å². The minimum atomic E-state index is -3.12. The predicted octanol–water partition coefficient (Wildman–Crippen LogP) is 0.942. The van der Waals surface area contributed by atoms with E-state index in [9.17, 15) is 22.0 Å². The van der Waals surface area contributed by atoms with Crippen LogP contribution in [0.1, 0.15) is 31.7 Å². The van der Waals surface area contributed by atoms with Crippen LogP contribution < -0.4 is 5.32 Å². The minimum Gasteiger partial charge on any atom is -0.351 e. The van der Waals surface area contributed by atoms with Crippen molar-refractivity contribution in [2.75, 3.05) is 29.9 Å². The molecule has 11 heteroatoms. The smallest absolute Gasteiger partial charge is 0.260 e. The van der Waals surface area contributed by atoms with E-state index < -0.39 is 28.2 Å². The van der Waals surface area contributed by atoms with Crippen molar-refractivity contribution in [2.45, 2.75) is 44.2 Å².